The normalized spacial score (nSPS) is 23.9. The van der Waals surface area contributed by atoms with Crippen LogP contribution in [-0.2, 0) is 48.7 Å². The summed E-state index contributed by atoms with van der Waals surface area (Å²) in [6.45, 7) is 3.16. The van der Waals surface area contributed by atoms with E-state index in [4.69, 9.17) is 40.0 Å². The van der Waals surface area contributed by atoms with E-state index in [2.05, 4.69) is 0 Å². The molecule has 1 aromatic carbocycles. The van der Waals surface area contributed by atoms with E-state index < -0.39 is 59.5 Å². The van der Waals surface area contributed by atoms with Gasteiger partial charge in [0.2, 0.25) is 12.4 Å². The standard InChI is InChI=1S/C20H22ClNO12/c1-9(23)30-15-16(31-10(2)24)18(32-11(3)25)20(34-17(15)19(26)29-4)33-14-6-5-13(22(27)28)7-12(14)8-21/h5-7,15-18,20H,8H2,1-4H3/t15-,16-,17-,18+,20+/m0/s1. The summed E-state index contributed by atoms with van der Waals surface area (Å²) in [6.07, 6.45) is -7.86. The number of benzene rings is 1. The van der Waals surface area contributed by atoms with Gasteiger partial charge in [0.05, 0.1) is 17.9 Å². The van der Waals surface area contributed by atoms with Crippen molar-refractivity contribution in [2.24, 2.45) is 0 Å². The number of rotatable bonds is 8. The predicted molar refractivity (Wildman–Crippen MR) is 111 cm³/mol. The molecule has 0 spiro atoms. The highest BCUT2D eigenvalue weighted by Crippen LogP contribution is 2.33. The fraction of sp³-hybridized carbons (Fsp3) is 0.500. The summed E-state index contributed by atoms with van der Waals surface area (Å²) in [5, 5.41) is 11.1. The summed E-state index contributed by atoms with van der Waals surface area (Å²) in [4.78, 5) is 58.2. The predicted octanol–water partition coefficient (Wildman–Crippen LogP) is 1.41. The smallest absolute Gasteiger partial charge is 0.339 e. The molecule has 5 atom stereocenters. The molecule has 0 amide bonds. The van der Waals surface area contributed by atoms with Gasteiger partial charge in [-0.05, 0) is 6.07 Å². The second kappa shape index (κ2) is 11.6. The van der Waals surface area contributed by atoms with Crippen molar-refractivity contribution < 1.29 is 52.5 Å². The highest BCUT2D eigenvalue weighted by Gasteiger charge is 2.55. The zero-order valence-corrected chi connectivity index (χ0v) is 19.3. The Bertz CT molecular complexity index is 967. The quantitative estimate of drug-likeness (QED) is 0.165. The van der Waals surface area contributed by atoms with E-state index in [1.54, 1.807) is 0 Å². The van der Waals surface area contributed by atoms with E-state index in [0.29, 0.717) is 0 Å². The summed E-state index contributed by atoms with van der Waals surface area (Å²) in [5.74, 6) is -3.73. The summed E-state index contributed by atoms with van der Waals surface area (Å²) < 4.78 is 31.8. The maximum Gasteiger partial charge on any atom is 0.339 e. The van der Waals surface area contributed by atoms with E-state index in [0.717, 1.165) is 40.0 Å². The second-order valence-electron chi connectivity index (χ2n) is 6.97. The number of non-ortho nitro benzene ring substituents is 1. The molecule has 1 aromatic rings. The van der Waals surface area contributed by atoms with Crippen LogP contribution in [0.4, 0.5) is 5.69 Å². The molecule has 0 aromatic heterocycles. The van der Waals surface area contributed by atoms with Gasteiger partial charge in [-0.15, -0.1) is 11.6 Å². The van der Waals surface area contributed by atoms with Crippen molar-refractivity contribution in [3.63, 3.8) is 0 Å². The van der Waals surface area contributed by atoms with Crippen LogP contribution in [-0.4, -0.2) is 66.6 Å². The molecule has 13 nitrogen and oxygen atoms in total. The summed E-state index contributed by atoms with van der Waals surface area (Å²) >= 11 is 5.90. The van der Waals surface area contributed by atoms with Crippen LogP contribution in [0.15, 0.2) is 18.2 Å². The minimum atomic E-state index is -1.65. The molecule has 14 heteroatoms. The molecule has 2 rings (SSSR count). The van der Waals surface area contributed by atoms with Gasteiger partial charge in [-0.25, -0.2) is 4.79 Å². The molecule has 34 heavy (non-hydrogen) atoms. The average Bonchev–Trinajstić information content (AvgIpc) is 2.76. The lowest BCUT2D eigenvalue weighted by molar-refractivity contribution is -0.385. The average molecular weight is 504 g/mol. The first kappa shape index (κ1) is 26.8. The third-order valence-electron chi connectivity index (χ3n) is 4.48. The van der Waals surface area contributed by atoms with Crippen LogP contribution in [0.25, 0.3) is 0 Å². The number of carbonyl (C=O) groups is 4. The van der Waals surface area contributed by atoms with Gasteiger partial charge < -0.3 is 28.4 Å². The third kappa shape index (κ3) is 6.54. The van der Waals surface area contributed by atoms with Crippen molar-refractivity contribution in [1.29, 1.82) is 0 Å². The van der Waals surface area contributed by atoms with E-state index in [-0.39, 0.29) is 22.9 Å². The topological polar surface area (TPSA) is 167 Å². The van der Waals surface area contributed by atoms with Gasteiger partial charge in [0, 0.05) is 38.5 Å². The molecule has 186 valence electrons. The molecular weight excluding hydrogens is 482 g/mol. The van der Waals surface area contributed by atoms with Gasteiger partial charge in [0.1, 0.15) is 5.75 Å². The van der Waals surface area contributed by atoms with Gasteiger partial charge in [0.15, 0.2) is 18.3 Å². The molecule has 0 saturated carbocycles. The maximum atomic E-state index is 12.4. The Labute approximate surface area is 198 Å². The highest BCUT2D eigenvalue weighted by molar-refractivity contribution is 6.17. The number of nitro groups is 1. The number of methoxy groups -OCH3 is 1. The van der Waals surface area contributed by atoms with Crippen molar-refractivity contribution in [2.75, 3.05) is 7.11 Å². The van der Waals surface area contributed by atoms with Crippen molar-refractivity contribution >= 4 is 41.2 Å². The van der Waals surface area contributed by atoms with Crippen LogP contribution in [0.2, 0.25) is 0 Å². The molecule has 0 N–H and O–H groups in total. The van der Waals surface area contributed by atoms with E-state index in [1.165, 1.54) is 6.07 Å². The monoisotopic (exact) mass is 503 g/mol. The van der Waals surface area contributed by atoms with E-state index in [1.807, 2.05) is 0 Å². The highest BCUT2D eigenvalue weighted by atomic mass is 35.5. The van der Waals surface area contributed by atoms with Gasteiger partial charge in [-0.3, -0.25) is 24.5 Å². The Morgan fingerprint density at radius 1 is 1.00 bits per heavy atom. The van der Waals surface area contributed by atoms with Crippen molar-refractivity contribution in [3.8, 4) is 5.75 Å². The summed E-state index contributed by atoms with van der Waals surface area (Å²) in [5.41, 5.74) is -0.0777. The molecule has 0 unspecified atom stereocenters. The minimum Gasteiger partial charge on any atom is -0.467 e. The first-order valence-corrected chi connectivity index (χ1v) is 10.3. The van der Waals surface area contributed by atoms with Crippen LogP contribution < -0.4 is 4.74 Å². The van der Waals surface area contributed by atoms with E-state index >= 15 is 0 Å². The molecule has 1 aliphatic heterocycles. The SMILES string of the molecule is COC(=O)[C@H]1O[C@@H](Oc2ccc([N+](=O)[O-])cc2CCl)[C@H](OC(C)=O)[C@@H](OC(C)=O)[C@@H]1OC(C)=O. The largest absolute Gasteiger partial charge is 0.467 e. The molecule has 0 bridgehead atoms. The Balaban J connectivity index is 2.56. The fourth-order valence-electron chi connectivity index (χ4n) is 3.20. The number of nitrogens with zero attached hydrogens (tertiary/aromatic N) is 1. The molecule has 1 fully saturated rings. The number of carbonyl (C=O) groups excluding carboxylic acids is 4. The van der Waals surface area contributed by atoms with Crippen LogP contribution in [0.1, 0.15) is 26.3 Å². The molecule has 1 heterocycles. The first-order valence-electron chi connectivity index (χ1n) is 9.73. The van der Waals surface area contributed by atoms with Crippen molar-refractivity contribution in [3.05, 3.63) is 33.9 Å². The van der Waals surface area contributed by atoms with Crippen LogP contribution in [0.3, 0.4) is 0 Å². The van der Waals surface area contributed by atoms with Crippen LogP contribution in [0, 0.1) is 10.1 Å². The Morgan fingerprint density at radius 2 is 1.56 bits per heavy atom. The zero-order valence-electron chi connectivity index (χ0n) is 18.6. The number of alkyl halides is 1. The van der Waals surface area contributed by atoms with Gasteiger partial charge in [0.25, 0.3) is 5.69 Å². The van der Waals surface area contributed by atoms with Crippen LogP contribution >= 0.6 is 11.6 Å². The Hall–Kier alpha value is -3.45. The molecule has 1 saturated heterocycles. The zero-order chi connectivity index (χ0) is 25.6. The van der Waals surface area contributed by atoms with Crippen molar-refractivity contribution in [2.45, 2.75) is 57.4 Å². The Morgan fingerprint density at radius 3 is 2.06 bits per heavy atom. The summed E-state index contributed by atoms with van der Waals surface area (Å²) in [6, 6.07) is 3.53. The van der Waals surface area contributed by atoms with E-state index in [9.17, 15) is 29.3 Å². The minimum absolute atomic E-state index is 0.00104. The van der Waals surface area contributed by atoms with Crippen LogP contribution in [0.5, 0.6) is 5.75 Å². The maximum absolute atomic E-state index is 12.4. The number of hydrogen-bond acceptors (Lipinski definition) is 12. The number of esters is 4. The molecule has 1 aliphatic rings. The molecule has 0 aliphatic carbocycles. The van der Waals surface area contributed by atoms with Crippen molar-refractivity contribution in [1.82, 2.24) is 0 Å². The fourth-order valence-corrected chi connectivity index (χ4v) is 3.41. The number of ether oxygens (including phenoxy) is 6. The van der Waals surface area contributed by atoms with Gasteiger partial charge >= 0.3 is 23.9 Å². The first-order chi connectivity index (χ1) is 16.0. The Kier molecular flexibility index (Phi) is 9.15. The van der Waals surface area contributed by atoms with Gasteiger partial charge in [-0.1, -0.05) is 0 Å². The molecular formula is C20H22ClNO12. The third-order valence-corrected chi connectivity index (χ3v) is 4.76. The molecule has 0 radical (unpaired) electrons. The number of nitro benzene ring substituents is 1. The second-order valence-corrected chi connectivity index (χ2v) is 7.24. The lowest BCUT2D eigenvalue weighted by Gasteiger charge is -2.43. The summed E-state index contributed by atoms with van der Waals surface area (Å²) in [7, 11) is 1.05. The number of halogens is 1. The lowest BCUT2D eigenvalue weighted by atomic mass is 9.97. The van der Waals surface area contributed by atoms with Gasteiger partial charge in [-0.2, -0.15) is 0 Å². The lowest BCUT2D eigenvalue weighted by Crippen LogP contribution is -2.64. The number of hydrogen-bond donors (Lipinski definition) is 0.